The largest absolute Gasteiger partial charge is 0.491 e. The Hall–Kier alpha value is -2.34. The zero-order chi connectivity index (χ0) is 15.9. The van der Waals surface area contributed by atoms with E-state index in [-0.39, 0.29) is 17.5 Å². The van der Waals surface area contributed by atoms with Crippen molar-refractivity contribution in [1.29, 1.82) is 5.26 Å². The molecule has 2 nitrogen and oxygen atoms in total. The molecule has 0 spiro atoms. The first-order valence-corrected chi connectivity index (χ1v) is 7.46. The number of nitriles is 1. The van der Waals surface area contributed by atoms with Crippen LogP contribution in [-0.4, -0.2) is 6.61 Å². The van der Waals surface area contributed by atoms with Crippen LogP contribution in [0.4, 0.5) is 4.39 Å². The number of hydrogen-bond acceptors (Lipinski definition) is 2. The molecule has 1 atom stereocenters. The van der Waals surface area contributed by atoms with Gasteiger partial charge in [0.05, 0.1) is 18.6 Å². The molecular weight excluding hydrogens is 277 g/mol. The average molecular weight is 297 g/mol. The molecule has 114 valence electrons. The van der Waals surface area contributed by atoms with Crippen LogP contribution in [0.25, 0.3) is 0 Å². The Bertz CT molecular complexity index is 675. The second-order valence-electron chi connectivity index (χ2n) is 5.46. The van der Waals surface area contributed by atoms with Gasteiger partial charge in [0.15, 0.2) is 11.6 Å². The summed E-state index contributed by atoms with van der Waals surface area (Å²) < 4.78 is 18.9. The molecule has 0 heterocycles. The van der Waals surface area contributed by atoms with Crippen LogP contribution in [0, 0.1) is 31.0 Å². The summed E-state index contributed by atoms with van der Waals surface area (Å²) in [4.78, 5) is 0. The van der Waals surface area contributed by atoms with E-state index >= 15 is 0 Å². The first-order chi connectivity index (χ1) is 10.6. The fourth-order valence-corrected chi connectivity index (χ4v) is 2.46. The van der Waals surface area contributed by atoms with Crippen molar-refractivity contribution in [3.63, 3.8) is 0 Å². The van der Waals surface area contributed by atoms with Gasteiger partial charge in [-0.15, -0.1) is 0 Å². The highest BCUT2D eigenvalue weighted by Gasteiger charge is 2.13. The van der Waals surface area contributed by atoms with Crippen LogP contribution in [0.3, 0.4) is 0 Å². The van der Waals surface area contributed by atoms with Gasteiger partial charge in [0, 0.05) is 0 Å². The van der Waals surface area contributed by atoms with Crippen molar-refractivity contribution >= 4 is 0 Å². The Labute approximate surface area is 131 Å². The summed E-state index contributed by atoms with van der Waals surface area (Å²) in [5, 5.41) is 9.40. The Kier molecular flexibility index (Phi) is 5.55. The number of para-hydroxylation sites is 1. The summed E-state index contributed by atoms with van der Waals surface area (Å²) in [5.41, 5.74) is 3.36. The quantitative estimate of drug-likeness (QED) is 0.710. The van der Waals surface area contributed by atoms with Crippen molar-refractivity contribution in [2.24, 2.45) is 0 Å². The fourth-order valence-electron chi connectivity index (χ4n) is 2.46. The highest BCUT2D eigenvalue weighted by Crippen LogP contribution is 2.25. The van der Waals surface area contributed by atoms with E-state index in [2.05, 4.69) is 18.2 Å². The Morgan fingerprint density at radius 3 is 2.68 bits per heavy atom. The molecule has 0 fully saturated rings. The van der Waals surface area contributed by atoms with Crippen LogP contribution in [-0.2, 0) is 0 Å². The minimum Gasteiger partial charge on any atom is -0.491 e. The molecule has 0 aliphatic carbocycles. The highest BCUT2D eigenvalue weighted by atomic mass is 19.1. The van der Waals surface area contributed by atoms with E-state index in [1.807, 2.05) is 19.9 Å². The van der Waals surface area contributed by atoms with Gasteiger partial charge in [0.25, 0.3) is 0 Å². The van der Waals surface area contributed by atoms with E-state index < -0.39 is 0 Å². The topological polar surface area (TPSA) is 33.0 Å². The van der Waals surface area contributed by atoms with Crippen molar-refractivity contribution < 1.29 is 9.13 Å². The molecular formula is C19H20FNO. The van der Waals surface area contributed by atoms with E-state index in [9.17, 15) is 9.65 Å². The highest BCUT2D eigenvalue weighted by molar-refractivity contribution is 5.36. The van der Waals surface area contributed by atoms with Gasteiger partial charge in [-0.1, -0.05) is 35.9 Å². The van der Waals surface area contributed by atoms with E-state index in [0.717, 1.165) is 16.7 Å². The zero-order valence-electron chi connectivity index (χ0n) is 13.0. The summed E-state index contributed by atoms with van der Waals surface area (Å²) >= 11 is 0. The number of hydrogen-bond donors (Lipinski definition) is 0. The lowest BCUT2D eigenvalue weighted by atomic mass is 9.91. The smallest absolute Gasteiger partial charge is 0.165 e. The third-order valence-corrected chi connectivity index (χ3v) is 3.70. The Morgan fingerprint density at radius 2 is 1.95 bits per heavy atom. The van der Waals surface area contributed by atoms with E-state index in [0.29, 0.717) is 19.4 Å². The van der Waals surface area contributed by atoms with E-state index in [1.54, 1.807) is 18.2 Å². The molecule has 2 aromatic rings. The molecule has 0 saturated carbocycles. The van der Waals surface area contributed by atoms with Crippen LogP contribution in [0.1, 0.15) is 35.4 Å². The van der Waals surface area contributed by atoms with Gasteiger partial charge in [0.2, 0.25) is 0 Å². The van der Waals surface area contributed by atoms with Gasteiger partial charge in [-0.05, 0) is 49.9 Å². The molecule has 0 amide bonds. The number of aryl methyl sites for hydroxylation is 2. The van der Waals surface area contributed by atoms with Gasteiger partial charge in [-0.25, -0.2) is 4.39 Å². The maximum absolute atomic E-state index is 13.4. The van der Waals surface area contributed by atoms with Crippen LogP contribution in [0.2, 0.25) is 0 Å². The zero-order valence-corrected chi connectivity index (χ0v) is 13.0. The van der Waals surface area contributed by atoms with Crippen molar-refractivity contribution in [1.82, 2.24) is 0 Å². The molecule has 0 radical (unpaired) electrons. The number of halogens is 1. The SMILES string of the molecule is Cc1ccc(C)c(C(C#N)CCCOc2ccccc2F)c1. The van der Waals surface area contributed by atoms with Crippen molar-refractivity contribution in [2.75, 3.05) is 6.61 Å². The first kappa shape index (κ1) is 16.0. The molecule has 0 bridgehead atoms. The Morgan fingerprint density at radius 1 is 1.18 bits per heavy atom. The predicted molar refractivity (Wildman–Crippen MR) is 85.4 cm³/mol. The molecule has 22 heavy (non-hydrogen) atoms. The van der Waals surface area contributed by atoms with Crippen molar-refractivity contribution in [3.05, 3.63) is 65.0 Å². The number of benzene rings is 2. The third-order valence-electron chi connectivity index (χ3n) is 3.70. The molecule has 2 rings (SSSR count). The monoisotopic (exact) mass is 297 g/mol. The van der Waals surface area contributed by atoms with Crippen LogP contribution in [0.5, 0.6) is 5.75 Å². The lowest BCUT2D eigenvalue weighted by molar-refractivity contribution is 0.290. The molecule has 1 unspecified atom stereocenters. The van der Waals surface area contributed by atoms with Gasteiger partial charge in [0.1, 0.15) is 0 Å². The minimum atomic E-state index is -0.353. The number of rotatable bonds is 6. The van der Waals surface area contributed by atoms with Gasteiger partial charge >= 0.3 is 0 Å². The number of nitrogens with zero attached hydrogens (tertiary/aromatic N) is 1. The van der Waals surface area contributed by atoms with Crippen molar-refractivity contribution in [2.45, 2.75) is 32.6 Å². The normalized spacial score (nSPS) is 11.7. The number of ether oxygens (including phenoxy) is 1. The molecule has 0 aromatic heterocycles. The summed E-state index contributed by atoms with van der Waals surface area (Å²) in [6.07, 6.45) is 1.41. The van der Waals surface area contributed by atoms with E-state index in [4.69, 9.17) is 4.74 Å². The lowest BCUT2D eigenvalue weighted by Gasteiger charge is -2.14. The second kappa shape index (κ2) is 7.61. The van der Waals surface area contributed by atoms with Gasteiger partial charge < -0.3 is 4.74 Å². The summed E-state index contributed by atoms with van der Waals surface area (Å²) in [7, 11) is 0. The molecule has 3 heteroatoms. The maximum atomic E-state index is 13.4. The van der Waals surface area contributed by atoms with Crippen LogP contribution >= 0.6 is 0 Å². The van der Waals surface area contributed by atoms with Gasteiger partial charge in [-0.2, -0.15) is 5.26 Å². The minimum absolute atomic E-state index is 0.149. The molecule has 0 aliphatic heterocycles. The summed E-state index contributed by atoms with van der Waals surface area (Å²) in [6, 6.07) is 14.9. The fraction of sp³-hybridized carbons (Fsp3) is 0.316. The van der Waals surface area contributed by atoms with Crippen LogP contribution in [0.15, 0.2) is 42.5 Å². The predicted octanol–water partition coefficient (Wildman–Crippen LogP) is 4.91. The third kappa shape index (κ3) is 4.08. The average Bonchev–Trinajstić information content (AvgIpc) is 2.52. The van der Waals surface area contributed by atoms with E-state index in [1.165, 1.54) is 6.07 Å². The second-order valence-corrected chi connectivity index (χ2v) is 5.46. The van der Waals surface area contributed by atoms with Crippen LogP contribution < -0.4 is 4.74 Å². The maximum Gasteiger partial charge on any atom is 0.165 e. The molecule has 0 N–H and O–H groups in total. The Balaban J connectivity index is 1.91. The molecule has 0 saturated heterocycles. The molecule has 2 aromatic carbocycles. The summed E-state index contributed by atoms with van der Waals surface area (Å²) in [5.74, 6) is -0.235. The standard InChI is InChI=1S/C19H20FNO/c1-14-9-10-15(2)17(12-14)16(13-21)6-5-11-22-19-8-4-3-7-18(19)20/h3-4,7-10,12,16H,5-6,11H2,1-2H3. The summed E-state index contributed by atoms with van der Waals surface area (Å²) in [6.45, 7) is 4.46. The molecule has 0 aliphatic rings. The lowest BCUT2D eigenvalue weighted by Crippen LogP contribution is -2.04. The van der Waals surface area contributed by atoms with Gasteiger partial charge in [-0.3, -0.25) is 0 Å². The van der Waals surface area contributed by atoms with Crippen molar-refractivity contribution in [3.8, 4) is 11.8 Å². The first-order valence-electron chi connectivity index (χ1n) is 7.46.